The van der Waals surface area contributed by atoms with E-state index in [1.807, 2.05) is 0 Å². The van der Waals surface area contributed by atoms with E-state index in [0.29, 0.717) is 0 Å². The monoisotopic (exact) mass is 116 g/mol. The standard InChI is InChI=1S/C2H4O2.Na.H2P/c1-2(3)4;;/h1H3,(H,3,4);;1H2/q;+1;-1. The molecule has 1 N–H and O–H groups in total. The van der Waals surface area contributed by atoms with Crippen molar-refractivity contribution in [2.45, 2.75) is 6.92 Å². The zero-order chi connectivity index (χ0) is 3.58. The van der Waals surface area contributed by atoms with Gasteiger partial charge in [0, 0.05) is 6.92 Å². The van der Waals surface area contributed by atoms with E-state index in [-0.39, 0.29) is 39.5 Å². The van der Waals surface area contributed by atoms with Gasteiger partial charge < -0.3 is 15.0 Å². The molecule has 0 atom stereocenters. The number of rotatable bonds is 0. The van der Waals surface area contributed by atoms with Gasteiger partial charge in [0.15, 0.2) is 0 Å². The van der Waals surface area contributed by atoms with Crippen LogP contribution in [0.2, 0.25) is 0 Å². The smallest absolute Gasteiger partial charge is 0.577 e. The maximum Gasteiger partial charge on any atom is 1.00 e. The zero-order valence-corrected chi connectivity index (χ0v) is 7.09. The van der Waals surface area contributed by atoms with Gasteiger partial charge in [-0.15, -0.1) is 0 Å². The van der Waals surface area contributed by atoms with E-state index in [4.69, 9.17) is 9.90 Å². The number of carboxylic acid groups (broad SMARTS) is 1. The van der Waals surface area contributed by atoms with Crippen molar-refractivity contribution in [1.82, 2.24) is 0 Å². The molecule has 0 heterocycles. The molecule has 0 radical (unpaired) electrons. The van der Waals surface area contributed by atoms with Gasteiger partial charge in [0.25, 0.3) is 5.97 Å². The average molecular weight is 116 g/mol. The van der Waals surface area contributed by atoms with Gasteiger partial charge >= 0.3 is 29.6 Å². The minimum atomic E-state index is -0.833. The molecule has 0 unspecified atom stereocenters. The van der Waals surface area contributed by atoms with Crippen molar-refractivity contribution < 1.29 is 39.5 Å². The Kier molecular flexibility index (Phi) is 24.5. The summed E-state index contributed by atoms with van der Waals surface area (Å²) in [4.78, 5) is 9.00. The van der Waals surface area contributed by atoms with Gasteiger partial charge in [-0.3, -0.25) is 4.79 Å². The Balaban J connectivity index is -0.0000000450. The summed E-state index contributed by atoms with van der Waals surface area (Å²) in [5, 5.41) is 7.42. The fourth-order valence-electron chi connectivity index (χ4n) is 0. The van der Waals surface area contributed by atoms with E-state index in [1.54, 1.807) is 0 Å². The second-order valence-electron chi connectivity index (χ2n) is 0.519. The quantitative estimate of drug-likeness (QED) is 0.279. The van der Waals surface area contributed by atoms with E-state index >= 15 is 0 Å². The minimum Gasteiger partial charge on any atom is -0.577 e. The van der Waals surface area contributed by atoms with Crippen LogP contribution in [0.1, 0.15) is 6.92 Å². The molecule has 32 valence electrons. The molecule has 0 aromatic heterocycles. The van der Waals surface area contributed by atoms with Crippen molar-refractivity contribution in [2.24, 2.45) is 0 Å². The summed E-state index contributed by atoms with van der Waals surface area (Å²) in [6.07, 6.45) is 0. The van der Waals surface area contributed by atoms with Crippen LogP contribution in [0.15, 0.2) is 0 Å². The van der Waals surface area contributed by atoms with Crippen molar-refractivity contribution in [3.8, 4) is 0 Å². The van der Waals surface area contributed by atoms with Crippen LogP contribution in [-0.4, -0.2) is 11.1 Å². The number of aliphatic carboxylic acids is 1. The Morgan fingerprint density at radius 2 is 1.67 bits per heavy atom. The van der Waals surface area contributed by atoms with Crippen molar-refractivity contribution in [3.63, 3.8) is 0 Å². The van der Waals surface area contributed by atoms with Crippen molar-refractivity contribution in [3.05, 3.63) is 0 Å². The molecule has 0 fully saturated rings. The summed E-state index contributed by atoms with van der Waals surface area (Å²) in [6.45, 7) is 1.08. The Morgan fingerprint density at radius 1 is 1.67 bits per heavy atom. The third-order valence-electron chi connectivity index (χ3n) is 0. The van der Waals surface area contributed by atoms with Crippen LogP contribution in [-0.2, 0) is 4.79 Å². The third kappa shape index (κ3) is 92.0. The second kappa shape index (κ2) is 9.31. The molecule has 0 aliphatic carbocycles. The molecule has 0 saturated heterocycles. The van der Waals surface area contributed by atoms with E-state index in [0.717, 1.165) is 6.92 Å². The Morgan fingerprint density at radius 3 is 1.67 bits per heavy atom. The fourth-order valence-corrected chi connectivity index (χ4v) is 0. The molecule has 0 bridgehead atoms. The zero-order valence-electron chi connectivity index (χ0n) is 3.93. The first-order valence-corrected chi connectivity index (χ1v) is 0.928. The summed E-state index contributed by atoms with van der Waals surface area (Å²) in [7, 11) is 0. The van der Waals surface area contributed by atoms with E-state index < -0.39 is 5.97 Å². The van der Waals surface area contributed by atoms with Gasteiger partial charge in [0.2, 0.25) is 0 Å². The molecule has 0 aliphatic heterocycles. The summed E-state index contributed by atoms with van der Waals surface area (Å²) in [5.41, 5.74) is 0. The molecule has 0 saturated carbocycles. The molecule has 0 aromatic carbocycles. The molecule has 0 spiro atoms. The van der Waals surface area contributed by atoms with Crippen LogP contribution in [0.3, 0.4) is 0 Å². The first-order valence-electron chi connectivity index (χ1n) is 0.928. The van der Waals surface area contributed by atoms with Gasteiger partial charge in [-0.05, 0) is 0 Å². The average Bonchev–Trinajstić information content (AvgIpc) is 0.811. The third-order valence-corrected chi connectivity index (χ3v) is 0. The van der Waals surface area contributed by atoms with E-state index in [2.05, 4.69) is 0 Å². The molecule has 2 nitrogen and oxygen atoms in total. The normalized spacial score (nSPS) is 4.17. The molecular weight excluding hydrogens is 110 g/mol. The molecule has 4 heteroatoms. The first-order chi connectivity index (χ1) is 1.73. The molecular formula is C2H6NaO2P. The molecule has 0 aromatic rings. The van der Waals surface area contributed by atoms with Crippen molar-refractivity contribution in [1.29, 1.82) is 0 Å². The predicted octanol–water partition coefficient (Wildman–Crippen LogP) is -2.58. The first kappa shape index (κ1) is 15.8. The molecule has 0 rings (SSSR count). The van der Waals surface area contributed by atoms with Gasteiger partial charge in [0.05, 0.1) is 0 Å². The SMILES string of the molecule is CC(=O)O.[Na+].[PH2-]. The van der Waals surface area contributed by atoms with Gasteiger partial charge in [-0.2, -0.15) is 0 Å². The number of carbonyl (C=O) groups is 1. The molecule has 6 heavy (non-hydrogen) atoms. The van der Waals surface area contributed by atoms with Crippen LogP contribution in [0.5, 0.6) is 0 Å². The Labute approximate surface area is 62.2 Å². The van der Waals surface area contributed by atoms with Crippen molar-refractivity contribution >= 4 is 15.9 Å². The molecule has 0 aliphatic rings. The fraction of sp³-hybridized carbons (Fsp3) is 0.500. The van der Waals surface area contributed by atoms with Crippen LogP contribution in [0.25, 0.3) is 0 Å². The summed E-state index contributed by atoms with van der Waals surface area (Å²) >= 11 is 0. The minimum absolute atomic E-state index is 0. The Bertz CT molecular complexity index is 34.5. The van der Waals surface area contributed by atoms with Crippen molar-refractivity contribution in [2.75, 3.05) is 0 Å². The maximum absolute atomic E-state index is 9.00. The maximum atomic E-state index is 9.00. The number of carboxylic acids is 1. The second-order valence-corrected chi connectivity index (χ2v) is 0.519. The summed E-state index contributed by atoms with van der Waals surface area (Å²) < 4.78 is 0. The summed E-state index contributed by atoms with van der Waals surface area (Å²) in [5.74, 6) is -0.833. The number of hydrogen-bond acceptors (Lipinski definition) is 1. The summed E-state index contributed by atoms with van der Waals surface area (Å²) in [6, 6.07) is 0. The van der Waals surface area contributed by atoms with Gasteiger partial charge in [0.1, 0.15) is 0 Å². The van der Waals surface area contributed by atoms with Gasteiger partial charge in [-0.1, -0.05) is 0 Å². The van der Waals surface area contributed by atoms with Crippen LogP contribution < -0.4 is 29.6 Å². The van der Waals surface area contributed by atoms with Crippen LogP contribution in [0.4, 0.5) is 0 Å². The predicted molar refractivity (Wildman–Crippen MR) is 23.0 cm³/mol. The largest absolute Gasteiger partial charge is 1.00 e. The Hall–Kier alpha value is 0.900. The molecule has 0 amide bonds. The van der Waals surface area contributed by atoms with Gasteiger partial charge in [-0.25, -0.2) is 0 Å². The number of hydrogen-bond donors (Lipinski definition) is 1. The van der Waals surface area contributed by atoms with Crippen LogP contribution >= 0.6 is 9.90 Å². The topological polar surface area (TPSA) is 37.3 Å². The van der Waals surface area contributed by atoms with Crippen LogP contribution in [0, 0.1) is 0 Å². The van der Waals surface area contributed by atoms with E-state index in [9.17, 15) is 0 Å². The van der Waals surface area contributed by atoms with E-state index in [1.165, 1.54) is 0 Å².